The van der Waals surface area contributed by atoms with Crippen molar-refractivity contribution in [1.29, 1.82) is 0 Å². The van der Waals surface area contributed by atoms with Gasteiger partial charge in [-0.05, 0) is 36.4 Å². The van der Waals surface area contributed by atoms with Crippen LogP contribution in [-0.4, -0.2) is 27.2 Å². The minimum Gasteiger partial charge on any atom is -0.325 e. The Morgan fingerprint density at radius 2 is 1.96 bits per heavy atom. The number of benzene rings is 2. The molecule has 2 aromatic carbocycles. The number of anilines is 1. The van der Waals surface area contributed by atoms with Crippen molar-refractivity contribution in [3.05, 3.63) is 59.5 Å². The molecule has 116 valence electrons. The Bertz CT molecular complexity index is 890. The first-order valence-corrected chi connectivity index (χ1v) is 7.84. The zero-order valence-electron chi connectivity index (χ0n) is 11.8. The zero-order valence-corrected chi connectivity index (χ0v) is 13.4. The van der Waals surface area contributed by atoms with Crippen LogP contribution in [0.2, 0.25) is 0 Å². The highest BCUT2D eigenvalue weighted by atomic mass is 79.9. The van der Waals surface area contributed by atoms with Crippen LogP contribution in [0.15, 0.2) is 42.6 Å². The molecule has 0 bridgehead atoms. The Morgan fingerprint density at radius 1 is 1.22 bits per heavy atom. The number of amides is 1. The first kappa shape index (κ1) is 15.4. The second-order valence-electron chi connectivity index (χ2n) is 4.87. The van der Waals surface area contributed by atoms with Gasteiger partial charge < -0.3 is 5.32 Å². The van der Waals surface area contributed by atoms with Crippen LogP contribution < -0.4 is 5.32 Å². The lowest BCUT2D eigenvalue weighted by molar-refractivity contribution is -0.113. The number of carbonyl (C=O) groups is 2. The van der Waals surface area contributed by atoms with Crippen molar-refractivity contribution in [2.24, 2.45) is 0 Å². The molecular formula is C16H11BrFN3O2. The van der Waals surface area contributed by atoms with Crippen LogP contribution in [0.4, 0.5) is 10.1 Å². The van der Waals surface area contributed by atoms with Crippen molar-refractivity contribution in [2.45, 2.75) is 0 Å². The smallest absolute Gasteiger partial charge is 0.235 e. The van der Waals surface area contributed by atoms with Crippen LogP contribution in [0, 0.1) is 5.82 Å². The maximum absolute atomic E-state index is 13.0. The van der Waals surface area contributed by atoms with Gasteiger partial charge in [-0.3, -0.25) is 14.7 Å². The topological polar surface area (TPSA) is 74.8 Å². The number of H-pyrrole nitrogens is 1. The normalized spacial score (nSPS) is 10.7. The third-order valence-electron chi connectivity index (χ3n) is 3.32. The Kier molecular flexibility index (Phi) is 4.20. The second-order valence-corrected chi connectivity index (χ2v) is 5.43. The van der Waals surface area contributed by atoms with Gasteiger partial charge in [-0.2, -0.15) is 5.10 Å². The van der Waals surface area contributed by atoms with E-state index >= 15 is 0 Å². The fraction of sp³-hybridized carbons (Fsp3) is 0.0625. The molecule has 7 heteroatoms. The van der Waals surface area contributed by atoms with Gasteiger partial charge in [-0.1, -0.05) is 15.9 Å². The average molecular weight is 376 g/mol. The molecule has 0 saturated carbocycles. The van der Waals surface area contributed by atoms with Crippen molar-refractivity contribution in [1.82, 2.24) is 10.2 Å². The molecule has 0 aliphatic carbocycles. The van der Waals surface area contributed by atoms with Crippen molar-refractivity contribution in [3.8, 4) is 0 Å². The van der Waals surface area contributed by atoms with Gasteiger partial charge in [-0.15, -0.1) is 0 Å². The van der Waals surface area contributed by atoms with Crippen LogP contribution in [0.25, 0.3) is 10.9 Å². The third kappa shape index (κ3) is 3.14. The summed E-state index contributed by atoms with van der Waals surface area (Å²) in [5.74, 6) is -1.00. The molecule has 0 spiro atoms. The Labute approximate surface area is 139 Å². The quantitative estimate of drug-likeness (QED) is 0.542. The average Bonchev–Trinajstić information content (AvgIpc) is 3.01. The standard InChI is InChI=1S/C16H11BrFN3O2/c17-7-15(22)20-14-6-13-10(8-19-21-13)5-12(14)16(23)9-1-3-11(18)4-2-9/h1-6,8H,7H2,(H,19,21)(H,20,22). The van der Waals surface area contributed by atoms with E-state index in [1.165, 1.54) is 24.3 Å². The molecule has 0 atom stereocenters. The van der Waals surface area contributed by atoms with E-state index in [0.29, 0.717) is 22.3 Å². The maximum atomic E-state index is 13.0. The molecule has 1 heterocycles. The Morgan fingerprint density at radius 3 is 2.65 bits per heavy atom. The van der Waals surface area contributed by atoms with Crippen molar-refractivity contribution in [2.75, 3.05) is 10.6 Å². The summed E-state index contributed by atoms with van der Waals surface area (Å²) in [5, 5.41) is 10.2. The fourth-order valence-electron chi connectivity index (χ4n) is 2.22. The van der Waals surface area contributed by atoms with E-state index in [1.807, 2.05) is 0 Å². The number of carbonyl (C=O) groups excluding carboxylic acids is 2. The first-order chi connectivity index (χ1) is 11.1. The number of alkyl halides is 1. The number of halogens is 2. The van der Waals surface area contributed by atoms with Crippen LogP contribution in [0.5, 0.6) is 0 Å². The molecule has 0 saturated heterocycles. The van der Waals surface area contributed by atoms with Gasteiger partial charge in [0.15, 0.2) is 5.78 Å². The summed E-state index contributed by atoms with van der Waals surface area (Å²) in [6.07, 6.45) is 1.59. The Balaban J connectivity index is 2.09. The van der Waals surface area contributed by atoms with Gasteiger partial charge >= 0.3 is 0 Å². The van der Waals surface area contributed by atoms with Crippen LogP contribution in [0.3, 0.4) is 0 Å². The fourth-order valence-corrected chi connectivity index (χ4v) is 2.36. The van der Waals surface area contributed by atoms with E-state index in [0.717, 1.165) is 5.39 Å². The molecule has 1 aromatic heterocycles. The number of aromatic nitrogens is 2. The number of nitrogens with zero attached hydrogens (tertiary/aromatic N) is 1. The van der Waals surface area contributed by atoms with E-state index in [4.69, 9.17) is 0 Å². The number of nitrogens with one attached hydrogen (secondary N) is 2. The number of fused-ring (bicyclic) bond motifs is 1. The lowest BCUT2D eigenvalue weighted by Crippen LogP contribution is -2.15. The van der Waals surface area contributed by atoms with Crippen LogP contribution in [0.1, 0.15) is 15.9 Å². The van der Waals surface area contributed by atoms with Gasteiger partial charge in [0.2, 0.25) is 5.91 Å². The molecule has 0 unspecified atom stereocenters. The predicted octanol–water partition coefficient (Wildman–Crippen LogP) is 3.27. The molecule has 5 nitrogen and oxygen atoms in total. The Hall–Kier alpha value is -2.54. The summed E-state index contributed by atoms with van der Waals surface area (Å²) in [7, 11) is 0. The number of ketones is 1. The van der Waals surface area contributed by atoms with E-state index in [2.05, 4.69) is 31.4 Å². The number of aromatic amines is 1. The molecule has 3 aromatic rings. The second kappa shape index (κ2) is 6.29. The SMILES string of the molecule is O=C(CBr)Nc1cc2[nH]ncc2cc1C(=O)c1ccc(F)cc1. The van der Waals surface area contributed by atoms with Crippen molar-refractivity contribution in [3.63, 3.8) is 0 Å². The van der Waals surface area contributed by atoms with Gasteiger partial charge in [0.1, 0.15) is 5.82 Å². The molecule has 0 fully saturated rings. The minimum atomic E-state index is -0.417. The van der Waals surface area contributed by atoms with Crippen molar-refractivity contribution >= 4 is 44.2 Å². The molecule has 0 aliphatic heterocycles. The van der Waals surface area contributed by atoms with E-state index in [9.17, 15) is 14.0 Å². The highest BCUT2D eigenvalue weighted by Crippen LogP contribution is 2.25. The lowest BCUT2D eigenvalue weighted by Gasteiger charge is -2.10. The highest BCUT2D eigenvalue weighted by Gasteiger charge is 2.17. The number of rotatable bonds is 4. The molecule has 0 radical (unpaired) electrons. The van der Waals surface area contributed by atoms with Crippen molar-refractivity contribution < 1.29 is 14.0 Å². The lowest BCUT2D eigenvalue weighted by atomic mass is 10.00. The number of hydrogen-bond donors (Lipinski definition) is 2. The predicted molar refractivity (Wildman–Crippen MR) is 88.3 cm³/mol. The largest absolute Gasteiger partial charge is 0.325 e. The summed E-state index contributed by atoms with van der Waals surface area (Å²) in [5.41, 5.74) is 1.73. The maximum Gasteiger partial charge on any atom is 0.235 e. The molecule has 2 N–H and O–H groups in total. The minimum absolute atomic E-state index is 0.109. The van der Waals surface area contributed by atoms with Gasteiger partial charge in [-0.25, -0.2) is 4.39 Å². The summed E-state index contributed by atoms with van der Waals surface area (Å²) in [6, 6.07) is 8.56. The summed E-state index contributed by atoms with van der Waals surface area (Å²) >= 11 is 3.07. The molecular weight excluding hydrogens is 365 g/mol. The van der Waals surface area contributed by atoms with Gasteiger partial charge in [0.05, 0.1) is 22.7 Å². The molecule has 23 heavy (non-hydrogen) atoms. The monoisotopic (exact) mass is 375 g/mol. The van der Waals surface area contributed by atoms with Gasteiger partial charge in [0, 0.05) is 16.5 Å². The molecule has 1 amide bonds. The number of hydrogen-bond acceptors (Lipinski definition) is 3. The first-order valence-electron chi connectivity index (χ1n) is 6.71. The zero-order chi connectivity index (χ0) is 16.4. The van der Waals surface area contributed by atoms with E-state index in [1.54, 1.807) is 18.3 Å². The summed E-state index contributed by atoms with van der Waals surface area (Å²) in [6.45, 7) is 0. The third-order valence-corrected chi connectivity index (χ3v) is 3.83. The highest BCUT2D eigenvalue weighted by molar-refractivity contribution is 9.09. The van der Waals surface area contributed by atoms with Crippen LogP contribution in [-0.2, 0) is 4.79 Å². The molecule has 0 aliphatic rings. The van der Waals surface area contributed by atoms with Gasteiger partial charge in [0.25, 0.3) is 0 Å². The van der Waals surface area contributed by atoms with E-state index < -0.39 is 5.82 Å². The molecule has 3 rings (SSSR count). The summed E-state index contributed by atoms with van der Waals surface area (Å²) in [4.78, 5) is 24.4. The summed E-state index contributed by atoms with van der Waals surface area (Å²) < 4.78 is 13.0. The van der Waals surface area contributed by atoms with E-state index in [-0.39, 0.29) is 17.0 Å². The van der Waals surface area contributed by atoms with Crippen LogP contribution >= 0.6 is 15.9 Å².